The lowest BCUT2D eigenvalue weighted by Crippen LogP contribution is -2.52. The molecular weight excluding hydrogens is 621 g/mol. The van der Waals surface area contributed by atoms with Gasteiger partial charge in [0.2, 0.25) is 5.82 Å². The van der Waals surface area contributed by atoms with Gasteiger partial charge in [-0.25, -0.2) is 23.1 Å². The number of aliphatic hydroxyl groups is 1. The van der Waals surface area contributed by atoms with E-state index >= 15 is 4.39 Å². The van der Waals surface area contributed by atoms with Gasteiger partial charge in [-0.05, 0) is 44.0 Å². The van der Waals surface area contributed by atoms with Gasteiger partial charge in [0, 0.05) is 5.39 Å². The summed E-state index contributed by atoms with van der Waals surface area (Å²) in [5, 5.41) is 14.6. The molecule has 0 spiro atoms. The second kappa shape index (κ2) is 12.8. The summed E-state index contributed by atoms with van der Waals surface area (Å²) in [5.74, 6) is -2.13. The molecule has 11 nitrogen and oxygen atoms in total. The maximum atomic E-state index is 15.3. The van der Waals surface area contributed by atoms with E-state index in [2.05, 4.69) is 5.09 Å². The van der Waals surface area contributed by atoms with E-state index in [1.54, 1.807) is 55.2 Å². The van der Waals surface area contributed by atoms with Gasteiger partial charge >= 0.3 is 18.3 Å². The molecule has 234 valence electrons. The summed E-state index contributed by atoms with van der Waals surface area (Å²) in [6.07, 6.45) is -11.5. The number of aromatic amines is 1. The van der Waals surface area contributed by atoms with Crippen LogP contribution in [-0.2, 0) is 30.6 Å². The van der Waals surface area contributed by atoms with E-state index < -0.39 is 79.0 Å². The lowest BCUT2D eigenvalue weighted by atomic mass is 9.97. The van der Waals surface area contributed by atoms with Gasteiger partial charge < -0.3 is 23.6 Å². The zero-order valence-corrected chi connectivity index (χ0v) is 24.6. The predicted molar refractivity (Wildman–Crippen MR) is 150 cm³/mol. The Hall–Kier alpha value is -3.14. The number of hydrogen-bond donors (Lipinski definition) is 3. The van der Waals surface area contributed by atoms with Crippen molar-refractivity contribution in [1.29, 1.82) is 0 Å². The number of aliphatic hydroxyl groups excluding tert-OH is 1. The van der Waals surface area contributed by atoms with E-state index in [9.17, 15) is 32.7 Å². The molecule has 4 rings (SSSR count). The average Bonchev–Trinajstić information content (AvgIpc) is 3.20. The molecule has 1 aromatic heterocycles. The molecule has 0 aliphatic carbocycles. The molecule has 1 aliphatic heterocycles. The molecule has 0 amide bonds. The highest BCUT2D eigenvalue weighted by molar-refractivity contribution is 8.09. The van der Waals surface area contributed by atoms with Gasteiger partial charge in [0.05, 0.1) is 18.9 Å². The fourth-order valence-electron chi connectivity index (χ4n) is 4.31. The Balaban J connectivity index is 1.69. The predicted octanol–water partition coefficient (Wildman–Crippen LogP) is 3.31. The molecular formula is C26H28F4N3O8PS. The number of aromatic nitrogens is 2. The fraction of sp³-hybridized carbons (Fsp3) is 0.423. The number of ether oxygens (including phenoxy) is 2. The number of esters is 1. The van der Waals surface area contributed by atoms with Crippen LogP contribution in [0.5, 0.6) is 5.75 Å². The summed E-state index contributed by atoms with van der Waals surface area (Å²) in [7, 11) is 0. The van der Waals surface area contributed by atoms with Crippen molar-refractivity contribution >= 4 is 35.2 Å². The number of nitrogens with zero attached hydrogens (tertiary/aromatic N) is 1. The van der Waals surface area contributed by atoms with Gasteiger partial charge in [0.1, 0.15) is 17.9 Å². The summed E-state index contributed by atoms with van der Waals surface area (Å²) in [6, 6.07) is 10.7. The molecule has 1 aliphatic rings. The minimum atomic E-state index is -4.04. The molecule has 6 atom stereocenters. The third-order valence-corrected chi connectivity index (χ3v) is 8.93. The minimum Gasteiger partial charge on any atom is -0.462 e. The van der Waals surface area contributed by atoms with Gasteiger partial charge in [-0.3, -0.25) is 19.1 Å². The topological polar surface area (TPSA) is 141 Å². The Bertz CT molecular complexity index is 1650. The SMILES string of the molecule is CC(C)OC(=O)[C@H](C)NP(=S)(OC[C@@]1(C(F)F)O[C@@H](n2cc(F)c(=O)[nH]c2=O)[C@H](F)[C@@H]1O)Oc1cccc2ccccc12. The number of benzene rings is 2. The number of halogens is 4. The van der Waals surface area contributed by atoms with Crippen LogP contribution in [-0.4, -0.2) is 63.7 Å². The van der Waals surface area contributed by atoms with Crippen molar-refractivity contribution in [2.45, 2.75) is 63.4 Å². The summed E-state index contributed by atoms with van der Waals surface area (Å²) in [5.41, 5.74) is -5.95. The van der Waals surface area contributed by atoms with E-state index in [0.29, 0.717) is 5.39 Å². The highest BCUT2D eigenvalue weighted by atomic mass is 32.5. The molecule has 43 heavy (non-hydrogen) atoms. The Kier molecular flexibility index (Phi) is 9.79. The van der Waals surface area contributed by atoms with Crippen molar-refractivity contribution in [2.75, 3.05) is 6.61 Å². The molecule has 2 aromatic carbocycles. The van der Waals surface area contributed by atoms with Crippen molar-refractivity contribution in [3.05, 3.63) is 75.3 Å². The Morgan fingerprint density at radius 1 is 1.21 bits per heavy atom. The van der Waals surface area contributed by atoms with Crippen LogP contribution in [0, 0.1) is 5.82 Å². The molecule has 1 saturated heterocycles. The van der Waals surface area contributed by atoms with Crippen molar-refractivity contribution in [2.24, 2.45) is 0 Å². The summed E-state index contributed by atoms with van der Waals surface area (Å²) < 4.78 is 80.5. The Morgan fingerprint density at radius 3 is 2.56 bits per heavy atom. The molecule has 0 saturated carbocycles. The second-order valence-corrected chi connectivity index (χ2v) is 13.1. The molecule has 3 aromatic rings. The molecule has 1 fully saturated rings. The number of hydrogen-bond acceptors (Lipinski definition) is 9. The first-order valence-corrected chi connectivity index (χ1v) is 15.5. The van der Waals surface area contributed by atoms with Crippen molar-refractivity contribution < 1.29 is 46.0 Å². The van der Waals surface area contributed by atoms with Crippen molar-refractivity contribution in [3.63, 3.8) is 0 Å². The zero-order valence-electron chi connectivity index (χ0n) is 22.9. The highest BCUT2D eigenvalue weighted by Gasteiger charge is 2.62. The van der Waals surface area contributed by atoms with Crippen LogP contribution in [0.4, 0.5) is 17.6 Å². The van der Waals surface area contributed by atoms with Gasteiger partial charge in [0.25, 0.3) is 12.0 Å². The standard InChI is InChI=1S/C26H28F4N3O8PS/c1-13(2)39-23(36)14(3)32-42(43,41-18-10-6-8-15-7-4-5-9-16(15)18)38-12-26(24(29)30)20(34)19(28)22(40-26)33-11-17(27)21(35)31-25(33)37/h4-11,13-14,19-20,22,24,34H,12H2,1-3H3,(H,32,43)(H,31,35,37)/t14-,19+,20-,22+,26+,42?/m0/s1. The van der Waals surface area contributed by atoms with Crippen molar-refractivity contribution in [1.82, 2.24) is 14.6 Å². The zero-order chi connectivity index (χ0) is 31.7. The molecule has 0 bridgehead atoms. The van der Waals surface area contributed by atoms with Crippen LogP contribution >= 0.6 is 6.64 Å². The lowest BCUT2D eigenvalue weighted by Gasteiger charge is -2.34. The van der Waals surface area contributed by atoms with Crippen LogP contribution in [0.2, 0.25) is 0 Å². The lowest BCUT2D eigenvalue weighted by molar-refractivity contribution is -0.192. The first kappa shape index (κ1) is 32.8. The maximum absolute atomic E-state index is 15.3. The number of alkyl halides is 3. The first-order valence-electron chi connectivity index (χ1n) is 12.9. The summed E-state index contributed by atoms with van der Waals surface area (Å²) in [6.45, 7) is -0.747. The van der Waals surface area contributed by atoms with E-state index in [0.717, 1.165) is 5.39 Å². The van der Waals surface area contributed by atoms with Crippen LogP contribution in [0.1, 0.15) is 27.0 Å². The van der Waals surface area contributed by atoms with E-state index in [4.69, 9.17) is 30.3 Å². The first-order chi connectivity index (χ1) is 20.2. The Morgan fingerprint density at radius 2 is 1.88 bits per heavy atom. The number of rotatable bonds is 11. The van der Waals surface area contributed by atoms with Gasteiger partial charge in [-0.2, -0.15) is 4.39 Å². The third-order valence-electron chi connectivity index (χ3n) is 6.47. The highest BCUT2D eigenvalue weighted by Crippen LogP contribution is 2.50. The number of carbonyl (C=O) groups is 1. The quantitative estimate of drug-likeness (QED) is 0.161. The molecule has 3 N–H and O–H groups in total. The molecule has 2 heterocycles. The summed E-state index contributed by atoms with van der Waals surface area (Å²) in [4.78, 5) is 37.7. The normalized spacial score (nSPS) is 24.3. The minimum absolute atomic E-state index is 0.161. The van der Waals surface area contributed by atoms with E-state index in [-0.39, 0.29) is 16.5 Å². The van der Waals surface area contributed by atoms with Gasteiger partial charge in [-0.15, -0.1) is 0 Å². The Labute approximate surface area is 246 Å². The van der Waals surface area contributed by atoms with Crippen LogP contribution in [0.15, 0.2) is 58.3 Å². The van der Waals surface area contributed by atoms with Crippen LogP contribution in [0.25, 0.3) is 10.8 Å². The largest absolute Gasteiger partial charge is 0.462 e. The fourth-order valence-corrected chi connectivity index (χ4v) is 6.74. The van der Waals surface area contributed by atoms with Crippen LogP contribution in [0.3, 0.4) is 0 Å². The van der Waals surface area contributed by atoms with E-state index in [1.807, 2.05) is 0 Å². The smallest absolute Gasteiger partial charge is 0.330 e. The number of nitrogens with one attached hydrogen (secondary N) is 2. The number of H-pyrrole nitrogens is 1. The molecule has 0 radical (unpaired) electrons. The number of fused-ring (bicyclic) bond motifs is 1. The maximum Gasteiger partial charge on any atom is 0.330 e. The van der Waals surface area contributed by atoms with Crippen LogP contribution < -0.4 is 20.9 Å². The van der Waals surface area contributed by atoms with Gasteiger partial charge in [0.15, 0.2) is 18.0 Å². The third kappa shape index (κ3) is 6.84. The molecule has 1 unspecified atom stereocenters. The average molecular weight is 650 g/mol. The second-order valence-electron chi connectivity index (χ2n) is 9.97. The summed E-state index contributed by atoms with van der Waals surface area (Å²) >= 11 is 5.60. The van der Waals surface area contributed by atoms with E-state index in [1.165, 1.54) is 13.0 Å². The van der Waals surface area contributed by atoms with Crippen molar-refractivity contribution in [3.8, 4) is 5.75 Å². The molecule has 17 heteroatoms. The monoisotopic (exact) mass is 649 g/mol. The number of carbonyl (C=O) groups excluding carboxylic acids is 1. The van der Waals surface area contributed by atoms with Gasteiger partial charge in [-0.1, -0.05) is 36.4 Å².